The lowest BCUT2D eigenvalue weighted by molar-refractivity contribution is 0.0691. The van der Waals surface area contributed by atoms with Gasteiger partial charge < -0.3 is 9.84 Å². The second kappa shape index (κ2) is 5.37. The zero-order chi connectivity index (χ0) is 14.8. The number of hydrogen-bond acceptors (Lipinski definition) is 5. The van der Waals surface area contributed by atoms with Crippen molar-refractivity contribution in [1.29, 1.82) is 0 Å². The van der Waals surface area contributed by atoms with E-state index in [4.69, 9.17) is 4.74 Å². The van der Waals surface area contributed by atoms with Gasteiger partial charge in [0, 0.05) is 0 Å². The number of carboxylic acids is 1. The number of benzene rings is 1. The smallest absolute Gasteiger partial charge is 0.358 e. The van der Waals surface area contributed by atoms with Crippen LogP contribution in [0.4, 0.5) is 0 Å². The molecular formula is C14H11N3O3S. The monoisotopic (exact) mass is 301 g/mol. The van der Waals surface area contributed by atoms with Crippen LogP contribution in [0, 0.1) is 0 Å². The predicted octanol–water partition coefficient (Wildman–Crippen LogP) is 2.70. The summed E-state index contributed by atoms with van der Waals surface area (Å²) in [6.07, 6.45) is 0. The summed E-state index contributed by atoms with van der Waals surface area (Å²) in [5, 5.41) is 18.9. The molecule has 3 aromatic rings. The molecule has 0 atom stereocenters. The molecule has 0 saturated carbocycles. The predicted molar refractivity (Wildman–Crippen MR) is 78.2 cm³/mol. The van der Waals surface area contributed by atoms with Crippen LogP contribution in [0.3, 0.4) is 0 Å². The zero-order valence-corrected chi connectivity index (χ0v) is 11.9. The number of hydrogen-bond donors (Lipinski definition) is 1. The zero-order valence-electron chi connectivity index (χ0n) is 11.1. The van der Waals surface area contributed by atoms with Gasteiger partial charge >= 0.3 is 5.97 Å². The Kier molecular flexibility index (Phi) is 3.41. The molecular weight excluding hydrogens is 290 g/mol. The van der Waals surface area contributed by atoms with E-state index >= 15 is 0 Å². The van der Waals surface area contributed by atoms with E-state index in [1.54, 1.807) is 31.4 Å². The molecule has 0 aliphatic carbocycles. The van der Waals surface area contributed by atoms with Crippen molar-refractivity contribution in [2.24, 2.45) is 0 Å². The summed E-state index contributed by atoms with van der Waals surface area (Å²) >= 11 is 1.44. The van der Waals surface area contributed by atoms with Gasteiger partial charge in [-0.05, 0) is 35.7 Å². The van der Waals surface area contributed by atoms with Gasteiger partial charge in [-0.1, -0.05) is 11.3 Å². The van der Waals surface area contributed by atoms with Crippen LogP contribution in [0.25, 0.3) is 16.3 Å². The quantitative estimate of drug-likeness (QED) is 0.801. The largest absolute Gasteiger partial charge is 0.497 e. The van der Waals surface area contributed by atoms with E-state index in [0.717, 1.165) is 16.3 Å². The summed E-state index contributed by atoms with van der Waals surface area (Å²) in [4.78, 5) is 12.1. The molecule has 1 N–H and O–H groups in total. The average Bonchev–Trinajstić information content (AvgIpc) is 3.16. The van der Waals surface area contributed by atoms with E-state index in [1.165, 1.54) is 16.0 Å². The minimum absolute atomic E-state index is 0.0618. The first-order valence-electron chi connectivity index (χ1n) is 6.08. The standard InChI is InChI=1S/C14H11N3O3S/c1-20-10-6-4-9(5-7-10)17-13(11-3-2-8-21-11)12(14(18)19)15-16-17/h2-8H,1H3,(H,18,19). The Morgan fingerprint density at radius 2 is 2.05 bits per heavy atom. The minimum Gasteiger partial charge on any atom is -0.497 e. The first-order chi connectivity index (χ1) is 10.2. The molecule has 0 spiro atoms. The van der Waals surface area contributed by atoms with Gasteiger partial charge in [0.1, 0.15) is 11.4 Å². The molecule has 0 aliphatic heterocycles. The summed E-state index contributed by atoms with van der Waals surface area (Å²) in [6.45, 7) is 0. The van der Waals surface area contributed by atoms with Gasteiger partial charge in [-0.2, -0.15) is 0 Å². The van der Waals surface area contributed by atoms with Crippen LogP contribution in [0.1, 0.15) is 10.5 Å². The third kappa shape index (κ3) is 2.38. The van der Waals surface area contributed by atoms with Gasteiger partial charge in [0.2, 0.25) is 0 Å². The number of carboxylic acid groups (broad SMARTS) is 1. The van der Waals surface area contributed by atoms with Crippen LogP contribution in [-0.2, 0) is 0 Å². The number of aromatic nitrogens is 3. The maximum Gasteiger partial charge on any atom is 0.358 e. The van der Waals surface area contributed by atoms with Crippen molar-refractivity contribution >= 4 is 17.3 Å². The Hall–Kier alpha value is -2.67. The molecule has 21 heavy (non-hydrogen) atoms. The lowest BCUT2D eigenvalue weighted by atomic mass is 10.2. The Morgan fingerprint density at radius 3 is 2.62 bits per heavy atom. The van der Waals surface area contributed by atoms with Crippen LogP contribution in [0.2, 0.25) is 0 Å². The number of aromatic carboxylic acids is 1. The molecule has 0 radical (unpaired) electrons. The molecule has 1 aromatic carbocycles. The second-order valence-corrected chi connectivity index (χ2v) is 5.13. The number of rotatable bonds is 4. The first kappa shape index (κ1) is 13.3. The molecule has 6 nitrogen and oxygen atoms in total. The van der Waals surface area contributed by atoms with Crippen molar-refractivity contribution in [2.75, 3.05) is 7.11 Å². The summed E-state index contributed by atoms with van der Waals surface area (Å²) < 4.78 is 6.64. The fourth-order valence-corrected chi connectivity index (χ4v) is 2.72. The van der Waals surface area contributed by atoms with Crippen LogP contribution in [-0.4, -0.2) is 33.2 Å². The SMILES string of the molecule is COc1ccc(-n2nnc(C(=O)O)c2-c2cccs2)cc1. The van der Waals surface area contributed by atoms with Crippen LogP contribution < -0.4 is 4.74 Å². The second-order valence-electron chi connectivity index (χ2n) is 4.18. The molecule has 0 fully saturated rings. The Morgan fingerprint density at radius 1 is 1.29 bits per heavy atom. The summed E-state index contributed by atoms with van der Waals surface area (Å²) in [7, 11) is 1.59. The Bertz CT molecular complexity index is 763. The van der Waals surface area contributed by atoms with Gasteiger partial charge in [0.15, 0.2) is 5.69 Å². The molecule has 7 heteroatoms. The number of ether oxygens (including phenoxy) is 1. The van der Waals surface area contributed by atoms with Gasteiger partial charge in [0.05, 0.1) is 17.7 Å². The van der Waals surface area contributed by atoms with Gasteiger partial charge in [-0.15, -0.1) is 16.4 Å². The Labute approximate surface area is 124 Å². The highest BCUT2D eigenvalue weighted by atomic mass is 32.1. The van der Waals surface area contributed by atoms with E-state index in [-0.39, 0.29) is 5.69 Å². The molecule has 2 heterocycles. The lowest BCUT2D eigenvalue weighted by Crippen LogP contribution is -2.02. The highest BCUT2D eigenvalue weighted by Gasteiger charge is 2.22. The molecule has 3 rings (SSSR count). The van der Waals surface area contributed by atoms with E-state index in [9.17, 15) is 9.90 Å². The van der Waals surface area contributed by atoms with E-state index in [1.807, 2.05) is 17.5 Å². The van der Waals surface area contributed by atoms with Gasteiger partial charge in [-0.25, -0.2) is 9.48 Å². The van der Waals surface area contributed by atoms with E-state index in [2.05, 4.69) is 10.3 Å². The molecule has 0 amide bonds. The maximum absolute atomic E-state index is 11.3. The molecule has 0 saturated heterocycles. The van der Waals surface area contributed by atoms with Crippen molar-refractivity contribution < 1.29 is 14.6 Å². The summed E-state index contributed by atoms with van der Waals surface area (Å²) in [5.74, 6) is -0.381. The highest BCUT2D eigenvalue weighted by molar-refractivity contribution is 7.13. The summed E-state index contributed by atoms with van der Waals surface area (Å²) in [6, 6.07) is 10.9. The molecule has 2 aromatic heterocycles. The van der Waals surface area contributed by atoms with E-state index in [0.29, 0.717) is 5.69 Å². The summed E-state index contributed by atoms with van der Waals surface area (Å²) in [5.41, 5.74) is 1.13. The van der Waals surface area contributed by atoms with E-state index < -0.39 is 5.97 Å². The maximum atomic E-state index is 11.3. The van der Waals surface area contributed by atoms with Crippen molar-refractivity contribution in [3.05, 3.63) is 47.5 Å². The molecule has 106 valence electrons. The van der Waals surface area contributed by atoms with Crippen LogP contribution in [0.15, 0.2) is 41.8 Å². The normalized spacial score (nSPS) is 10.5. The molecule has 0 aliphatic rings. The molecule has 0 bridgehead atoms. The fraction of sp³-hybridized carbons (Fsp3) is 0.0714. The van der Waals surface area contributed by atoms with Crippen molar-refractivity contribution in [3.8, 4) is 22.0 Å². The van der Waals surface area contributed by atoms with Crippen molar-refractivity contribution in [3.63, 3.8) is 0 Å². The molecule has 0 unspecified atom stereocenters. The number of methoxy groups -OCH3 is 1. The third-order valence-corrected chi connectivity index (χ3v) is 3.82. The highest BCUT2D eigenvalue weighted by Crippen LogP contribution is 2.29. The van der Waals surface area contributed by atoms with Gasteiger partial charge in [0.25, 0.3) is 0 Å². The Balaban J connectivity index is 2.16. The average molecular weight is 301 g/mol. The van der Waals surface area contributed by atoms with Crippen LogP contribution >= 0.6 is 11.3 Å². The van der Waals surface area contributed by atoms with Crippen molar-refractivity contribution in [2.45, 2.75) is 0 Å². The first-order valence-corrected chi connectivity index (χ1v) is 6.96. The number of carbonyl (C=O) groups is 1. The van der Waals surface area contributed by atoms with Crippen molar-refractivity contribution in [1.82, 2.24) is 15.0 Å². The fourth-order valence-electron chi connectivity index (χ4n) is 1.96. The lowest BCUT2D eigenvalue weighted by Gasteiger charge is -2.06. The minimum atomic E-state index is -1.10. The number of thiophene rings is 1. The number of nitrogens with zero attached hydrogens (tertiary/aromatic N) is 3. The third-order valence-electron chi connectivity index (χ3n) is 2.94. The topological polar surface area (TPSA) is 77.2 Å². The van der Waals surface area contributed by atoms with Gasteiger partial charge in [-0.3, -0.25) is 0 Å². The van der Waals surface area contributed by atoms with Crippen LogP contribution in [0.5, 0.6) is 5.75 Å².